The average molecular weight is 885 g/mol. The van der Waals surface area contributed by atoms with Gasteiger partial charge in [-0.2, -0.15) is 0 Å². The van der Waals surface area contributed by atoms with Crippen molar-refractivity contribution < 1.29 is 23.8 Å². The first-order chi connectivity index (χ1) is 31.6. The molecule has 0 amide bonds. The summed E-state index contributed by atoms with van der Waals surface area (Å²) in [6.07, 6.45) is 75.2. The molecule has 0 rings (SSSR count). The number of hydrogen-bond acceptors (Lipinski definition) is 5. The molecular formula is C59H96O5. The third kappa shape index (κ3) is 50.9. The smallest absolute Gasteiger partial charge is 0.309 e. The summed E-state index contributed by atoms with van der Waals surface area (Å²) in [5, 5.41) is 0. The van der Waals surface area contributed by atoms with Crippen LogP contribution in [0.4, 0.5) is 0 Å². The molecular weight excluding hydrogens is 789 g/mol. The highest BCUT2D eigenvalue weighted by atomic mass is 16.6. The van der Waals surface area contributed by atoms with Crippen molar-refractivity contribution in [2.75, 3.05) is 19.8 Å². The van der Waals surface area contributed by atoms with E-state index in [-0.39, 0.29) is 31.6 Å². The molecule has 0 aliphatic heterocycles. The maximum atomic E-state index is 12.8. The van der Waals surface area contributed by atoms with E-state index in [0.29, 0.717) is 13.0 Å². The van der Waals surface area contributed by atoms with E-state index in [9.17, 15) is 9.59 Å². The number of hydrogen-bond donors (Lipinski definition) is 0. The summed E-state index contributed by atoms with van der Waals surface area (Å²) in [5.41, 5.74) is 0. The second kappa shape index (κ2) is 53.6. The lowest BCUT2D eigenvalue weighted by atomic mass is 10.1. The van der Waals surface area contributed by atoms with E-state index >= 15 is 0 Å². The lowest BCUT2D eigenvalue weighted by Crippen LogP contribution is -2.30. The minimum Gasteiger partial charge on any atom is -0.461 e. The molecule has 0 fully saturated rings. The number of rotatable bonds is 46. The van der Waals surface area contributed by atoms with E-state index in [0.717, 1.165) is 96.3 Å². The first-order valence-corrected chi connectivity index (χ1v) is 26.1. The zero-order valence-electron chi connectivity index (χ0n) is 41.5. The predicted molar refractivity (Wildman–Crippen MR) is 279 cm³/mol. The Labute approximate surface area is 395 Å². The molecule has 64 heavy (non-hydrogen) atoms. The van der Waals surface area contributed by atoms with Crippen LogP contribution in [0.1, 0.15) is 213 Å². The van der Waals surface area contributed by atoms with Gasteiger partial charge in [0.1, 0.15) is 6.61 Å². The predicted octanol–water partition coefficient (Wildman–Crippen LogP) is 17.8. The fourth-order valence-corrected chi connectivity index (χ4v) is 6.63. The quantitative estimate of drug-likeness (QED) is 0.0346. The molecule has 0 saturated carbocycles. The number of unbranched alkanes of at least 4 members (excludes halogenated alkanes) is 16. The maximum Gasteiger partial charge on any atom is 0.309 e. The second-order valence-electron chi connectivity index (χ2n) is 16.7. The third-order valence-electron chi connectivity index (χ3n) is 10.5. The van der Waals surface area contributed by atoms with Crippen molar-refractivity contribution >= 4 is 11.9 Å². The van der Waals surface area contributed by atoms with Gasteiger partial charge in [0.25, 0.3) is 0 Å². The lowest BCUT2D eigenvalue weighted by molar-refractivity contribution is -0.162. The first kappa shape index (κ1) is 60.3. The zero-order valence-corrected chi connectivity index (χ0v) is 41.5. The van der Waals surface area contributed by atoms with Gasteiger partial charge in [-0.25, -0.2) is 0 Å². The van der Waals surface area contributed by atoms with Crippen LogP contribution in [0.25, 0.3) is 0 Å². The summed E-state index contributed by atoms with van der Waals surface area (Å²) >= 11 is 0. The van der Waals surface area contributed by atoms with Gasteiger partial charge in [-0.15, -0.1) is 0 Å². The van der Waals surface area contributed by atoms with Gasteiger partial charge >= 0.3 is 11.9 Å². The number of carbonyl (C=O) groups is 2. The van der Waals surface area contributed by atoms with Crippen molar-refractivity contribution in [3.8, 4) is 0 Å². The van der Waals surface area contributed by atoms with Crippen molar-refractivity contribution in [1.82, 2.24) is 0 Å². The van der Waals surface area contributed by atoms with Gasteiger partial charge in [-0.05, 0) is 109 Å². The van der Waals surface area contributed by atoms with Crippen LogP contribution >= 0.6 is 0 Å². The van der Waals surface area contributed by atoms with Crippen molar-refractivity contribution in [3.63, 3.8) is 0 Å². The Kier molecular flexibility index (Phi) is 50.5. The van der Waals surface area contributed by atoms with Gasteiger partial charge in [0.05, 0.1) is 13.0 Å². The normalized spacial score (nSPS) is 13.2. The molecule has 1 unspecified atom stereocenters. The number of allylic oxidation sites excluding steroid dienone is 19. The van der Waals surface area contributed by atoms with E-state index < -0.39 is 6.10 Å². The zero-order chi connectivity index (χ0) is 46.3. The molecule has 0 heterocycles. The Morgan fingerprint density at radius 3 is 1.27 bits per heavy atom. The second-order valence-corrected chi connectivity index (χ2v) is 16.7. The van der Waals surface area contributed by atoms with E-state index in [1.165, 1.54) is 83.5 Å². The molecule has 0 radical (unpaired) electrons. The Bertz CT molecular complexity index is 1320. The number of carbonyl (C=O) groups excluding carboxylic acids is 2. The highest BCUT2D eigenvalue weighted by Gasteiger charge is 2.17. The molecule has 1 atom stereocenters. The molecule has 0 bridgehead atoms. The Balaban J connectivity index is 4.42. The minimum atomic E-state index is -0.597. The molecule has 0 aromatic carbocycles. The van der Waals surface area contributed by atoms with Crippen LogP contribution in [0.3, 0.4) is 0 Å². The highest BCUT2D eigenvalue weighted by Crippen LogP contribution is 2.12. The molecule has 0 aromatic heterocycles. The standard InChI is InChI=1S/C59H96O5/c1-4-7-10-13-16-19-22-25-27-28-29-30-31-33-36-39-42-45-48-51-54-62-55-57(64-59(61)53-50-47-44-41-38-34-24-21-18-15-12-9-6-3)56-63-58(60)52-49-46-43-40-37-35-32-26-23-20-17-14-11-8-5-2/h8,11-12,15-17,19-21,24-27,29-30,32,37,40,46,49,57H,4-7,9-10,13-14,18,22-23,28,31,33-36,38-39,41-45,47-48,50-56H2,1-3H3/b11-8-,15-12-,19-16-,20-17-,24-21-,27-25-,30-29-,32-26-,40-37-,49-46-. The van der Waals surface area contributed by atoms with Crippen LogP contribution in [0.5, 0.6) is 0 Å². The van der Waals surface area contributed by atoms with Crippen LogP contribution in [0.2, 0.25) is 0 Å². The van der Waals surface area contributed by atoms with Crippen molar-refractivity contribution in [2.45, 2.75) is 219 Å². The Morgan fingerprint density at radius 2 is 0.781 bits per heavy atom. The van der Waals surface area contributed by atoms with Crippen LogP contribution < -0.4 is 0 Å². The van der Waals surface area contributed by atoms with Crippen LogP contribution in [-0.4, -0.2) is 37.9 Å². The van der Waals surface area contributed by atoms with Gasteiger partial charge in [0, 0.05) is 13.0 Å². The van der Waals surface area contributed by atoms with E-state index in [4.69, 9.17) is 14.2 Å². The summed E-state index contributed by atoms with van der Waals surface area (Å²) in [6.45, 7) is 7.46. The van der Waals surface area contributed by atoms with Crippen molar-refractivity contribution in [3.05, 3.63) is 122 Å². The molecule has 0 spiro atoms. The Morgan fingerprint density at radius 1 is 0.375 bits per heavy atom. The molecule has 0 aromatic rings. The fraction of sp³-hybridized carbons (Fsp3) is 0.627. The summed E-state index contributed by atoms with van der Waals surface area (Å²) in [6, 6.07) is 0. The van der Waals surface area contributed by atoms with E-state index in [1.807, 2.05) is 12.2 Å². The molecule has 0 saturated heterocycles. The minimum absolute atomic E-state index is 0.0138. The van der Waals surface area contributed by atoms with Gasteiger partial charge in [0.2, 0.25) is 0 Å². The summed E-state index contributed by atoms with van der Waals surface area (Å²) in [5.74, 6) is -0.573. The lowest BCUT2D eigenvalue weighted by Gasteiger charge is -2.18. The third-order valence-corrected chi connectivity index (χ3v) is 10.5. The largest absolute Gasteiger partial charge is 0.461 e. The molecule has 362 valence electrons. The average Bonchev–Trinajstić information content (AvgIpc) is 3.30. The fourth-order valence-electron chi connectivity index (χ4n) is 6.63. The molecule has 5 nitrogen and oxygen atoms in total. The highest BCUT2D eigenvalue weighted by molar-refractivity contribution is 5.71. The van der Waals surface area contributed by atoms with E-state index in [2.05, 4.69) is 130 Å². The van der Waals surface area contributed by atoms with E-state index in [1.54, 1.807) is 0 Å². The SMILES string of the molecule is CC/C=C\C/C=C\C/C=C\C/C=C\C/C=C\CC(=O)OCC(COCCCCCCCCC/C=C\C/C=C\C/C=C\CCCCC)OC(=O)CCCCCCC/C=C\C/C=C\CCC. The topological polar surface area (TPSA) is 61.8 Å². The molecule has 0 aliphatic rings. The molecule has 5 heteroatoms. The number of esters is 2. The van der Waals surface area contributed by atoms with Crippen LogP contribution in [-0.2, 0) is 23.8 Å². The van der Waals surface area contributed by atoms with Crippen molar-refractivity contribution in [2.24, 2.45) is 0 Å². The molecule has 0 N–H and O–H groups in total. The molecule has 0 aliphatic carbocycles. The maximum absolute atomic E-state index is 12.8. The summed E-state index contributed by atoms with van der Waals surface area (Å²) in [7, 11) is 0. The first-order valence-electron chi connectivity index (χ1n) is 26.1. The summed E-state index contributed by atoms with van der Waals surface area (Å²) < 4.78 is 17.3. The summed E-state index contributed by atoms with van der Waals surface area (Å²) in [4.78, 5) is 25.3. The van der Waals surface area contributed by atoms with Gasteiger partial charge in [-0.3, -0.25) is 9.59 Å². The van der Waals surface area contributed by atoms with Gasteiger partial charge < -0.3 is 14.2 Å². The van der Waals surface area contributed by atoms with Gasteiger partial charge in [0.15, 0.2) is 6.10 Å². The van der Waals surface area contributed by atoms with Crippen molar-refractivity contribution in [1.29, 1.82) is 0 Å². The monoisotopic (exact) mass is 885 g/mol. The van der Waals surface area contributed by atoms with Crippen LogP contribution in [0.15, 0.2) is 122 Å². The number of ether oxygens (including phenoxy) is 3. The Hall–Kier alpha value is -3.70. The van der Waals surface area contributed by atoms with Crippen LogP contribution in [0, 0.1) is 0 Å². The van der Waals surface area contributed by atoms with Gasteiger partial charge in [-0.1, -0.05) is 213 Å².